The molecule has 1 aromatic heterocycles. The molecule has 0 aromatic carbocycles. The Morgan fingerprint density at radius 1 is 1.53 bits per heavy atom. The normalized spacial score (nSPS) is 20.0. The van der Waals surface area contributed by atoms with Crippen LogP contribution in [0, 0.1) is 12.8 Å². The fraction of sp³-hybridized carbons (Fsp3) is 0.667. The summed E-state index contributed by atoms with van der Waals surface area (Å²) in [7, 11) is -3.57. The molecule has 0 bridgehead atoms. The quantitative estimate of drug-likeness (QED) is 0.808. The number of hydrogen-bond donors (Lipinski definition) is 2. The van der Waals surface area contributed by atoms with Crippen LogP contribution in [0.1, 0.15) is 24.4 Å². The Morgan fingerprint density at radius 2 is 2.32 bits per heavy atom. The number of rotatable bonds is 6. The van der Waals surface area contributed by atoms with Crippen molar-refractivity contribution in [3.8, 4) is 0 Å². The highest BCUT2D eigenvalue weighted by Gasteiger charge is 2.22. The van der Waals surface area contributed by atoms with Crippen molar-refractivity contribution in [1.29, 1.82) is 0 Å². The van der Waals surface area contributed by atoms with Crippen molar-refractivity contribution in [2.45, 2.75) is 31.3 Å². The van der Waals surface area contributed by atoms with Gasteiger partial charge < -0.3 is 14.3 Å². The van der Waals surface area contributed by atoms with E-state index >= 15 is 0 Å². The molecule has 0 radical (unpaired) electrons. The van der Waals surface area contributed by atoms with Crippen molar-refractivity contribution in [3.05, 3.63) is 17.6 Å². The van der Waals surface area contributed by atoms with Crippen LogP contribution in [0.2, 0.25) is 0 Å². The van der Waals surface area contributed by atoms with E-state index < -0.39 is 10.0 Å². The number of aryl methyl sites for hydroxylation is 1. The van der Waals surface area contributed by atoms with E-state index in [2.05, 4.69) is 4.72 Å². The van der Waals surface area contributed by atoms with Gasteiger partial charge in [-0.1, -0.05) is 0 Å². The zero-order valence-electron chi connectivity index (χ0n) is 10.9. The topological polar surface area (TPSA) is 88.8 Å². The van der Waals surface area contributed by atoms with Crippen molar-refractivity contribution in [2.75, 3.05) is 19.8 Å². The Morgan fingerprint density at radius 3 is 2.89 bits per heavy atom. The lowest BCUT2D eigenvalue weighted by molar-refractivity contribution is 0.184. The van der Waals surface area contributed by atoms with Crippen molar-refractivity contribution in [1.82, 2.24) is 4.72 Å². The van der Waals surface area contributed by atoms with Crippen LogP contribution >= 0.6 is 0 Å². The number of aliphatic hydroxyl groups excluding tert-OH is 1. The van der Waals surface area contributed by atoms with Gasteiger partial charge in [0.15, 0.2) is 0 Å². The number of aliphatic hydroxyl groups is 1. The summed E-state index contributed by atoms with van der Waals surface area (Å²) in [6, 6.07) is 1.36. The van der Waals surface area contributed by atoms with Gasteiger partial charge in [-0.05, 0) is 25.7 Å². The third kappa shape index (κ3) is 3.56. The second-order valence-corrected chi connectivity index (χ2v) is 6.44. The van der Waals surface area contributed by atoms with E-state index in [1.54, 1.807) is 6.92 Å². The average molecular weight is 289 g/mol. The number of sulfonamides is 1. The van der Waals surface area contributed by atoms with Crippen LogP contribution in [-0.4, -0.2) is 33.3 Å². The maximum atomic E-state index is 12.1. The molecule has 2 rings (SSSR count). The number of furan rings is 1. The molecule has 1 fully saturated rings. The summed E-state index contributed by atoms with van der Waals surface area (Å²) >= 11 is 0. The maximum Gasteiger partial charge on any atom is 0.244 e. The van der Waals surface area contributed by atoms with Gasteiger partial charge in [0.25, 0.3) is 0 Å². The first-order valence-corrected chi connectivity index (χ1v) is 7.79. The highest BCUT2D eigenvalue weighted by molar-refractivity contribution is 7.89. The summed E-state index contributed by atoms with van der Waals surface area (Å²) < 4.78 is 37.1. The molecule has 0 amide bonds. The smallest absolute Gasteiger partial charge is 0.244 e. The van der Waals surface area contributed by atoms with Crippen LogP contribution in [-0.2, 0) is 21.4 Å². The molecular weight excluding hydrogens is 270 g/mol. The van der Waals surface area contributed by atoms with E-state index in [1.807, 2.05) is 0 Å². The van der Waals surface area contributed by atoms with Gasteiger partial charge >= 0.3 is 0 Å². The van der Waals surface area contributed by atoms with Gasteiger partial charge in [-0.25, -0.2) is 13.1 Å². The Bertz CT molecular complexity index is 516. The summed E-state index contributed by atoms with van der Waals surface area (Å²) in [5.74, 6) is 0.976. The number of hydrogen-bond acceptors (Lipinski definition) is 5. The molecule has 1 aromatic rings. The standard InChI is InChI=1S/C12H19NO5S/c1-9-12(6-11(7-14)18-9)19(15,16)13-4-2-10-3-5-17-8-10/h6,10,13-14H,2-5,7-8H2,1H3. The minimum Gasteiger partial charge on any atom is -0.462 e. The molecule has 2 heterocycles. The molecule has 6 nitrogen and oxygen atoms in total. The monoisotopic (exact) mass is 289 g/mol. The predicted molar refractivity (Wildman–Crippen MR) is 68.1 cm³/mol. The van der Waals surface area contributed by atoms with E-state index in [0.717, 1.165) is 19.4 Å². The SMILES string of the molecule is Cc1oc(CO)cc1S(=O)(=O)NCCC1CCOC1. The van der Waals surface area contributed by atoms with E-state index in [1.165, 1.54) is 6.07 Å². The van der Waals surface area contributed by atoms with E-state index in [4.69, 9.17) is 14.3 Å². The Hall–Kier alpha value is -0.890. The average Bonchev–Trinajstić information content (AvgIpc) is 2.98. The van der Waals surface area contributed by atoms with Crippen LogP contribution in [0.3, 0.4) is 0 Å². The first kappa shape index (κ1) is 14.5. The lowest BCUT2D eigenvalue weighted by Crippen LogP contribution is -2.26. The zero-order chi connectivity index (χ0) is 13.9. The van der Waals surface area contributed by atoms with Crippen molar-refractivity contribution >= 4 is 10.0 Å². The Kier molecular flexibility index (Phi) is 4.62. The van der Waals surface area contributed by atoms with Gasteiger partial charge in [0, 0.05) is 25.8 Å². The molecule has 1 aliphatic rings. The lowest BCUT2D eigenvalue weighted by atomic mass is 10.1. The molecule has 0 aliphatic carbocycles. The van der Waals surface area contributed by atoms with Crippen LogP contribution in [0.5, 0.6) is 0 Å². The van der Waals surface area contributed by atoms with Crippen LogP contribution < -0.4 is 4.72 Å². The molecule has 19 heavy (non-hydrogen) atoms. The highest BCUT2D eigenvalue weighted by Crippen LogP contribution is 2.20. The first-order chi connectivity index (χ1) is 9.03. The van der Waals surface area contributed by atoms with Gasteiger partial charge in [-0.2, -0.15) is 0 Å². The number of nitrogens with one attached hydrogen (secondary N) is 1. The van der Waals surface area contributed by atoms with Crippen molar-refractivity contribution in [2.24, 2.45) is 5.92 Å². The minimum atomic E-state index is -3.57. The summed E-state index contributed by atoms with van der Waals surface area (Å²) in [6.07, 6.45) is 1.75. The summed E-state index contributed by atoms with van der Waals surface area (Å²) in [4.78, 5) is 0.0965. The van der Waals surface area contributed by atoms with Gasteiger partial charge in [0.1, 0.15) is 23.0 Å². The summed E-state index contributed by atoms with van der Waals surface area (Å²) in [6.45, 7) is 3.11. The second kappa shape index (κ2) is 6.04. The zero-order valence-corrected chi connectivity index (χ0v) is 11.7. The molecular formula is C12H19NO5S. The molecule has 108 valence electrons. The predicted octanol–water partition coefficient (Wildman–Crippen LogP) is 0.785. The van der Waals surface area contributed by atoms with Crippen molar-refractivity contribution in [3.63, 3.8) is 0 Å². The van der Waals surface area contributed by atoms with Gasteiger partial charge in [-0.15, -0.1) is 0 Å². The molecule has 1 saturated heterocycles. The molecule has 0 saturated carbocycles. The fourth-order valence-electron chi connectivity index (χ4n) is 2.16. The number of ether oxygens (including phenoxy) is 1. The maximum absolute atomic E-state index is 12.1. The van der Waals surface area contributed by atoms with Crippen molar-refractivity contribution < 1.29 is 22.7 Å². The largest absolute Gasteiger partial charge is 0.462 e. The Labute approximate surface area is 112 Å². The van der Waals surface area contributed by atoms with E-state index in [9.17, 15) is 8.42 Å². The van der Waals surface area contributed by atoms with Crippen LogP contribution in [0.4, 0.5) is 0 Å². The lowest BCUT2D eigenvalue weighted by Gasteiger charge is -2.08. The van der Waals surface area contributed by atoms with Gasteiger partial charge in [0.2, 0.25) is 10.0 Å². The molecule has 0 spiro atoms. The first-order valence-electron chi connectivity index (χ1n) is 6.30. The van der Waals surface area contributed by atoms with Gasteiger partial charge in [-0.3, -0.25) is 0 Å². The summed E-state index contributed by atoms with van der Waals surface area (Å²) in [5.41, 5.74) is 0. The highest BCUT2D eigenvalue weighted by atomic mass is 32.2. The minimum absolute atomic E-state index is 0.0965. The molecule has 7 heteroatoms. The third-order valence-electron chi connectivity index (χ3n) is 3.24. The van der Waals surface area contributed by atoms with E-state index in [0.29, 0.717) is 24.8 Å². The molecule has 1 unspecified atom stereocenters. The Balaban J connectivity index is 1.95. The molecule has 2 N–H and O–H groups in total. The van der Waals surface area contributed by atoms with E-state index in [-0.39, 0.29) is 17.3 Å². The summed E-state index contributed by atoms with van der Waals surface area (Å²) in [5, 5.41) is 8.94. The molecule has 1 atom stereocenters. The second-order valence-electron chi connectivity index (χ2n) is 4.71. The molecule has 1 aliphatic heterocycles. The van der Waals surface area contributed by atoms with Crippen LogP contribution in [0.15, 0.2) is 15.4 Å². The third-order valence-corrected chi connectivity index (χ3v) is 4.81. The fourth-order valence-corrected chi connectivity index (χ4v) is 3.40. The van der Waals surface area contributed by atoms with Gasteiger partial charge in [0.05, 0.1) is 0 Å². The van der Waals surface area contributed by atoms with Crippen LogP contribution in [0.25, 0.3) is 0 Å².